The van der Waals surface area contributed by atoms with Crippen LogP contribution in [0.2, 0.25) is 0 Å². The monoisotopic (exact) mass is 595 g/mol. The average Bonchev–Trinajstić information content (AvgIpc) is 3.49. The fourth-order valence-corrected chi connectivity index (χ4v) is 6.64. The van der Waals surface area contributed by atoms with Crippen molar-refractivity contribution in [3.05, 3.63) is 23.9 Å². The molecule has 0 aliphatic carbocycles. The Morgan fingerprint density at radius 2 is 1.88 bits per heavy atom. The number of nitrogens with one attached hydrogen (secondary N) is 2. The fraction of sp³-hybridized carbons (Fsp3) is 0.700. The molecule has 234 valence electrons. The van der Waals surface area contributed by atoms with E-state index >= 15 is 0 Å². The molecule has 6 rings (SSSR count). The van der Waals surface area contributed by atoms with Gasteiger partial charge in [-0.1, -0.05) is 19.9 Å². The predicted molar refractivity (Wildman–Crippen MR) is 162 cm³/mol. The number of ether oxygens (including phenoxy) is 2. The SMILES string of the molecule is CC(C)c1cnn2c(NC3CC4CCC(C3)N4C(=O)OC3CN(C(=O)/C=C/CN(C)C)C3)nc(NC3CCCOC3)nc12. The summed E-state index contributed by atoms with van der Waals surface area (Å²) in [7, 11) is 3.91. The Labute approximate surface area is 253 Å². The van der Waals surface area contributed by atoms with Crippen molar-refractivity contribution in [1.29, 1.82) is 0 Å². The Balaban J connectivity index is 1.08. The molecule has 4 aliphatic rings. The number of hydrogen-bond donors (Lipinski definition) is 2. The number of piperidine rings is 1. The molecule has 2 bridgehead atoms. The third kappa shape index (κ3) is 6.57. The number of carbonyl (C=O) groups excluding carboxylic acids is 2. The van der Waals surface area contributed by atoms with Gasteiger partial charge in [-0.25, -0.2) is 4.79 Å². The highest BCUT2D eigenvalue weighted by Gasteiger charge is 2.46. The zero-order valence-electron chi connectivity index (χ0n) is 25.7. The Morgan fingerprint density at radius 3 is 2.56 bits per heavy atom. The van der Waals surface area contributed by atoms with E-state index in [1.165, 1.54) is 0 Å². The van der Waals surface area contributed by atoms with Gasteiger partial charge in [0, 0.05) is 42.9 Å². The highest BCUT2D eigenvalue weighted by molar-refractivity contribution is 5.88. The number of amides is 2. The van der Waals surface area contributed by atoms with Gasteiger partial charge in [-0.2, -0.15) is 19.6 Å². The van der Waals surface area contributed by atoms with Crippen molar-refractivity contribution in [2.75, 3.05) is 57.6 Å². The second-order valence-corrected chi connectivity index (χ2v) is 12.9. The van der Waals surface area contributed by atoms with Crippen molar-refractivity contribution in [2.45, 2.75) is 88.6 Å². The lowest BCUT2D eigenvalue weighted by molar-refractivity contribution is -0.136. The third-order valence-corrected chi connectivity index (χ3v) is 8.95. The zero-order valence-corrected chi connectivity index (χ0v) is 25.7. The van der Waals surface area contributed by atoms with E-state index in [1.807, 2.05) is 36.2 Å². The number of hydrogen-bond acceptors (Lipinski definition) is 10. The molecule has 4 fully saturated rings. The van der Waals surface area contributed by atoms with Gasteiger partial charge in [0.25, 0.3) is 0 Å². The Bertz CT molecular complexity index is 1320. The summed E-state index contributed by atoms with van der Waals surface area (Å²) in [5.41, 5.74) is 1.88. The number of carbonyl (C=O) groups is 2. The van der Waals surface area contributed by atoms with Crippen molar-refractivity contribution in [3.63, 3.8) is 0 Å². The number of anilines is 2. The van der Waals surface area contributed by atoms with Gasteiger partial charge in [0.1, 0.15) is 6.10 Å². The minimum absolute atomic E-state index is 0.0388. The number of aromatic nitrogens is 4. The normalized spacial score (nSPS) is 26.0. The molecule has 2 amide bonds. The van der Waals surface area contributed by atoms with Gasteiger partial charge >= 0.3 is 6.09 Å². The van der Waals surface area contributed by atoms with Crippen LogP contribution in [0.25, 0.3) is 5.65 Å². The second kappa shape index (κ2) is 12.7. The number of fused-ring (bicyclic) bond motifs is 3. The van der Waals surface area contributed by atoms with Gasteiger partial charge in [0.15, 0.2) is 5.65 Å². The lowest BCUT2D eigenvalue weighted by atomic mass is 9.98. The molecule has 13 heteroatoms. The molecule has 0 radical (unpaired) electrons. The van der Waals surface area contributed by atoms with E-state index in [9.17, 15) is 9.59 Å². The quantitative estimate of drug-likeness (QED) is 0.418. The summed E-state index contributed by atoms with van der Waals surface area (Å²) in [5.74, 6) is 1.48. The van der Waals surface area contributed by atoms with Crippen LogP contribution in [0.15, 0.2) is 18.3 Å². The van der Waals surface area contributed by atoms with Gasteiger partial charge in [-0.3, -0.25) is 4.79 Å². The van der Waals surface area contributed by atoms with E-state index in [4.69, 9.17) is 19.4 Å². The Kier molecular flexibility index (Phi) is 8.71. The summed E-state index contributed by atoms with van der Waals surface area (Å²) < 4.78 is 13.3. The molecule has 4 aliphatic heterocycles. The molecule has 3 atom stereocenters. The number of likely N-dealkylation sites (N-methyl/N-ethyl adjacent to an activating group) is 1. The summed E-state index contributed by atoms with van der Waals surface area (Å²) in [4.78, 5) is 40.9. The van der Waals surface area contributed by atoms with E-state index < -0.39 is 0 Å². The van der Waals surface area contributed by atoms with Crippen LogP contribution in [0, 0.1) is 0 Å². The van der Waals surface area contributed by atoms with Crippen LogP contribution in [-0.4, -0.2) is 123 Å². The molecule has 0 aromatic carbocycles. The molecule has 2 N–H and O–H groups in total. The van der Waals surface area contributed by atoms with Crippen molar-refractivity contribution in [1.82, 2.24) is 34.3 Å². The number of nitrogens with zero attached hydrogens (tertiary/aromatic N) is 7. The highest BCUT2D eigenvalue weighted by atomic mass is 16.6. The van der Waals surface area contributed by atoms with E-state index in [2.05, 4.69) is 29.6 Å². The number of likely N-dealkylation sites (tertiary alicyclic amines) is 1. The molecule has 3 unspecified atom stereocenters. The minimum atomic E-state index is -0.259. The van der Waals surface area contributed by atoms with Crippen LogP contribution < -0.4 is 10.6 Å². The van der Waals surface area contributed by atoms with E-state index in [1.54, 1.807) is 15.5 Å². The maximum atomic E-state index is 13.2. The van der Waals surface area contributed by atoms with Crippen molar-refractivity contribution >= 4 is 29.5 Å². The van der Waals surface area contributed by atoms with Crippen molar-refractivity contribution in [3.8, 4) is 0 Å². The standard InChI is InChI=1S/C30H45N9O4/c1-19(2)25-15-31-39-27(25)34-28(32-20-7-6-12-42-18-20)35-29(39)33-21-13-22-9-10-23(14-21)38(22)30(41)43-24-16-37(17-24)26(40)8-5-11-36(3)4/h5,8,15,19-24H,6-7,9-14,16-18H2,1-4H3,(H2,32,33,34,35)/b8-5+. The van der Waals surface area contributed by atoms with Crippen LogP contribution in [0.5, 0.6) is 0 Å². The molecule has 2 aromatic heterocycles. The van der Waals surface area contributed by atoms with Crippen LogP contribution in [-0.2, 0) is 14.3 Å². The molecule has 4 saturated heterocycles. The minimum Gasteiger partial charge on any atom is -0.442 e. The van der Waals surface area contributed by atoms with Gasteiger partial charge in [-0.05, 0) is 58.5 Å². The van der Waals surface area contributed by atoms with Crippen LogP contribution in [0.3, 0.4) is 0 Å². The predicted octanol–water partition coefficient (Wildman–Crippen LogP) is 2.71. The Hall–Kier alpha value is -3.45. The first-order chi connectivity index (χ1) is 20.7. The van der Waals surface area contributed by atoms with Crippen molar-refractivity contribution in [2.24, 2.45) is 0 Å². The summed E-state index contributed by atoms with van der Waals surface area (Å²) in [6.45, 7) is 7.33. The first-order valence-electron chi connectivity index (χ1n) is 15.7. The molecule has 43 heavy (non-hydrogen) atoms. The topological polar surface area (TPSA) is 129 Å². The van der Waals surface area contributed by atoms with Gasteiger partial charge < -0.3 is 34.8 Å². The molecule has 2 aromatic rings. The maximum absolute atomic E-state index is 13.2. The van der Waals surface area contributed by atoms with Gasteiger partial charge in [0.2, 0.25) is 17.8 Å². The highest BCUT2D eigenvalue weighted by Crippen LogP contribution is 2.38. The van der Waals surface area contributed by atoms with Crippen LogP contribution in [0.4, 0.5) is 16.7 Å². The summed E-state index contributed by atoms with van der Waals surface area (Å²) >= 11 is 0. The zero-order chi connectivity index (χ0) is 30.1. The third-order valence-electron chi connectivity index (χ3n) is 8.95. The maximum Gasteiger partial charge on any atom is 0.410 e. The first-order valence-corrected chi connectivity index (χ1v) is 15.7. The molecule has 0 spiro atoms. The van der Waals surface area contributed by atoms with Crippen LogP contribution in [0.1, 0.15) is 63.9 Å². The molecule has 0 saturated carbocycles. The molecular weight excluding hydrogens is 550 g/mol. The lowest BCUT2D eigenvalue weighted by Gasteiger charge is -2.42. The summed E-state index contributed by atoms with van der Waals surface area (Å²) in [6, 6.07) is 0.533. The molecule has 6 heterocycles. The van der Waals surface area contributed by atoms with Crippen molar-refractivity contribution < 1.29 is 19.1 Å². The first kappa shape index (κ1) is 29.6. The van der Waals surface area contributed by atoms with E-state index in [0.717, 1.165) is 56.3 Å². The van der Waals surface area contributed by atoms with Crippen LogP contribution >= 0.6 is 0 Å². The number of rotatable bonds is 9. The molecule has 13 nitrogen and oxygen atoms in total. The van der Waals surface area contributed by atoms with Gasteiger partial charge in [-0.15, -0.1) is 0 Å². The summed E-state index contributed by atoms with van der Waals surface area (Å²) in [6.07, 6.45) is 10.4. The largest absolute Gasteiger partial charge is 0.442 e. The second-order valence-electron chi connectivity index (χ2n) is 12.9. The summed E-state index contributed by atoms with van der Waals surface area (Å²) in [5, 5.41) is 11.8. The van der Waals surface area contributed by atoms with E-state index in [0.29, 0.717) is 38.1 Å². The lowest BCUT2D eigenvalue weighted by Crippen LogP contribution is -2.57. The molecular formula is C30H45N9O4. The Morgan fingerprint density at radius 1 is 1.12 bits per heavy atom. The fourth-order valence-electron chi connectivity index (χ4n) is 6.64. The van der Waals surface area contributed by atoms with E-state index in [-0.39, 0.29) is 48.2 Å². The smallest absolute Gasteiger partial charge is 0.410 e. The van der Waals surface area contributed by atoms with Gasteiger partial charge in [0.05, 0.1) is 31.9 Å². The average molecular weight is 596 g/mol.